The van der Waals surface area contributed by atoms with Crippen molar-refractivity contribution in [3.63, 3.8) is 0 Å². The highest BCUT2D eigenvalue weighted by molar-refractivity contribution is 14.1. The van der Waals surface area contributed by atoms with E-state index in [-0.39, 0.29) is 36.2 Å². The molecule has 1 heterocycles. The van der Waals surface area contributed by atoms with Gasteiger partial charge in [0, 0.05) is 26.2 Å². The van der Waals surface area contributed by atoms with Crippen LogP contribution in [0.25, 0.3) is 0 Å². The molecule has 1 N–H and O–H groups in total. The van der Waals surface area contributed by atoms with Crippen LogP contribution in [0, 0.1) is 15.2 Å². The summed E-state index contributed by atoms with van der Waals surface area (Å²) in [5.41, 5.74) is -1.15. The number of piperazine rings is 1. The minimum Gasteiger partial charge on any atom is -0.444 e. The van der Waals surface area contributed by atoms with Crippen molar-refractivity contribution in [2.75, 3.05) is 26.2 Å². The van der Waals surface area contributed by atoms with Crippen LogP contribution in [-0.2, 0) is 4.74 Å². The average Bonchev–Trinajstić information content (AvgIpc) is 2.61. The Morgan fingerprint density at radius 3 is 2.57 bits per heavy atom. The normalized spacial score (nSPS) is 17.6. The van der Waals surface area contributed by atoms with Gasteiger partial charge in [0.05, 0.1) is 20.2 Å². The van der Waals surface area contributed by atoms with E-state index in [1.807, 2.05) is 0 Å². The summed E-state index contributed by atoms with van der Waals surface area (Å²) in [6.45, 7) is 5.37. The molecule has 2 amide bonds. The van der Waals surface area contributed by atoms with Crippen molar-refractivity contribution in [3.05, 3.63) is 31.9 Å². The molecule has 28 heavy (non-hydrogen) atoms. The maximum atomic E-state index is 14.5. The molecule has 1 aromatic carbocycles. The van der Waals surface area contributed by atoms with E-state index in [9.17, 15) is 23.5 Å². The first kappa shape index (κ1) is 23.1. The third-order valence-corrected chi connectivity index (χ3v) is 5.92. The van der Waals surface area contributed by atoms with Gasteiger partial charge in [-0.2, -0.15) is 0 Å². The first-order valence-corrected chi connectivity index (χ1v) is 10.1. The molecule has 0 bridgehead atoms. The molecule has 0 spiro atoms. The van der Waals surface area contributed by atoms with Crippen LogP contribution in [-0.4, -0.2) is 64.8 Å². The van der Waals surface area contributed by atoms with Gasteiger partial charge < -0.3 is 19.6 Å². The Labute approximate surface area is 180 Å². The fourth-order valence-electron chi connectivity index (χ4n) is 2.89. The van der Waals surface area contributed by atoms with E-state index < -0.39 is 45.9 Å². The second-order valence-electron chi connectivity index (χ2n) is 7.44. The van der Waals surface area contributed by atoms with Gasteiger partial charge in [0.25, 0.3) is 5.91 Å². The molecule has 1 aliphatic heterocycles. The first-order valence-electron chi connectivity index (χ1n) is 8.69. The lowest BCUT2D eigenvalue weighted by molar-refractivity contribution is 0.00166. The molecule has 0 radical (unpaired) electrons. The number of benzene rings is 1. The number of halogens is 4. The SMILES string of the molecule is CC(C)(C)OC(=O)N1CCN(C(=O)c2cc(F)c(I)c(Cl)c2F)[C@@H](CCO)C1. The molecule has 1 fully saturated rings. The quantitative estimate of drug-likeness (QED) is 0.368. The van der Waals surface area contributed by atoms with Crippen LogP contribution < -0.4 is 0 Å². The van der Waals surface area contributed by atoms with Crippen molar-refractivity contribution in [1.82, 2.24) is 9.80 Å². The highest BCUT2D eigenvalue weighted by atomic mass is 127. The minimum absolute atomic E-state index is 0.0907. The predicted molar refractivity (Wildman–Crippen MR) is 108 cm³/mol. The highest BCUT2D eigenvalue weighted by Crippen LogP contribution is 2.29. The van der Waals surface area contributed by atoms with Crippen molar-refractivity contribution in [3.8, 4) is 0 Å². The van der Waals surface area contributed by atoms with Crippen molar-refractivity contribution >= 4 is 46.2 Å². The lowest BCUT2D eigenvalue weighted by atomic mass is 10.1. The largest absolute Gasteiger partial charge is 0.444 e. The number of ether oxygens (including phenoxy) is 1. The number of aliphatic hydroxyl groups excluding tert-OH is 1. The molecule has 1 aromatic rings. The molecule has 0 aromatic heterocycles. The van der Waals surface area contributed by atoms with Crippen molar-refractivity contribution in [2.24, 2.45) is 0 Å². The fourth-order valence-corrected chi connectivity index (χ4v) is 3.48. The summed E-state index contributed by atoms with van der Waals surface area (Å²) in [5.74, 6) is -2.52. The summed E-state index contributed by atoms with van der Waals surface area (Å²) in [6.07, 6.45) is -0.357. The molecule has 10 heteroatoms. The van der Waals surface area contributed by atoms with Crippen LogP contribution in [0.4, 0.5) is 13.6 Å². The first-order chi connectivity index (χ1) is 13.0. The second kappa shape index (κ2) is 9.08. The van der Waals surface area contributed by atoms with E-state index >= 15 is 0 Å². The molecule has 1 atom stereocenters. The molecule has 2 rings (SSSR count). The lowest BCUT2D eigenvalue weighted by Crippen LogP contribution is -2.57. The number of carbonyl (C=O) groups is 2. The van der Waals surface area contributed by atoms with Crippen LogP contribution in [0.15, 0.2) is 6.07 Å². The summed E-state index contributed by atoms with van der Waals surface area (Å²) in [5, 5.41) is 8.90. The van der Waals surface area contributed by atoms with Crippen LogP contribution in [0.5, 0.6) is 0 Å². The summed E-state index contributed by atoms with van der Waals surface area (Å²) in [7, 11) is 0. The van der Waals surface area contributed by atoms with Gasteiger partial charge >= 0.3 is 6.09 Å². The molecule has 1 aliphatic rings. The van der Waals surface area contributed by atoms with Crippen molar-refractivity contribution < 1.29 is 28.2 Å². The number of aliphatic hydroxyl groups is 1. The van der Waals surface area contributed by atoms with Gasteiger partial charge in [0.15, 0.2) is 5.82 Å². The summed E-state index contributed by atoms with van der Waals surface area (Å²) >= 11 is 7.36. The third kappa shape index (κ3) is 5.24. The zero-order chi connectivity index (χ0) is 21.2. The van der Waals surface area contributed by atoms with Gasteiger partial charge in [0.1, 0.15) is 11.4 Å². The van der Waals surface area contributed by atoms with Crippen molar-refractivity contribution in [2.45, 2.75) is 38.8 Å². The maximum absolute atomic E-state index is 14.5. The molecule has 0 unspecified atom stereocenters. The van der Waals surface area contributed by atoms with Gasteiger partial charge in [-0.15, -0.1) is 0 Å². The minimum atomic E-state index is -0.991. The van der Waals surface area contributed by atoms with Gasteiger partial charge in [-0.05, 0) is 55.8 Å². The van der Waals surface area contributed by atoms with Crippen LogP contribution in [0.3, 0.4) is 0 Å². The third-order valence-electron chi connectivity index (χ3n) is 4.19. The molecule has 1 saturated heterocycles. The van der Waals surface area contributed by atoms with Crippen LogP contribution in [0.2, 0.25) is 5.02 Å². The van der Waals surface area contributed by atoms with E-state index in [0.717, 1.165) is 6.07 Å². The number of hydrogen-bond donors (Lipinski definition) is 1. The fraction of sp³-hybridized carbons (Fsp3) is 0.556. The van der Waals surface area contributed by atoms with E-state index in [0.29, 0.717) is 0 Å². The Hall–Kier alpha value is -1.20. The Bertz CT molecular complexity index is 773. The molecular formula is C18H22ClF2IN2O4. The van der Waals surface area contributed by atoms with E-state index in [4.69, 9.17) is 16.3 Å². The molecule has 156 valence electrons. The Morgan fingerprint density at radius 1 is 1.36 bits per heavy atom. The van der Waals surface area contributed by atoms with Gasteiger partial charge in [-0.1, -0.05) is 11.6 Å². The topological polar surface area (TPSA) is 70.1 Å². The molecule has 0 saturated carbocycles. The van der Waals surface area contributed by atoms with Gasteiger partial charge in [-0.25, -0.2) is 13.6 Å². The number of amides is 2. The highest BCUT2D eigenvalue weighted by Gasteiger charge is 2.36. The van der Waals surface area contributed by atoms with Crippen molar-refractivity contribution in [1.29, 1.82) is 0 Å². The van der Waals surface area contributed by atoms with Crippen LogP contribution >= 0.6 is 34.2 Å². The summed E-state index contributed by atoms with van der Waals surface area (Å²) < 4.78 is 33.7. The second-order valence-corrected chi connectivity index (χ2v) is 8.90. The standard InChI is InChI=1S/C18H22ClF2IN2O4/c1-18(2,3)28-17(27)23-5-6-24(10(9-23)4-7-25)16(26)11-8-12(20)15(22)13(19)14(11)21/h8,10,25H,4-7,9H2,1-3H3/t10-/m0/s1. The molecular weight excluding hydrogens is 509 g/mol. The monoisotopic (exact) mass is 530 g/mol. The molecule has 0 aliphatic carbocycles. The summed E-state index contributed by atoms with van der Waals surface area (Å²) in [4.78, 5) is 27.9. The molecule has 6 nitrogen and oxygen atoms in total. The Balaban J connectivity index is 2.24. The van der Waals surface area contributed by atoms with Crippen LogP contribution in [0.1, 0.15) is 37.6 Å². The Morgan fingerprint density at radius 2 is 2.00 bits per heavy atom. The average molecular weight is 531 g/mol. The number of hydrogen-bond acceptors (Lipinski definition) is 4. The zero-order valence-corrected chi connectivity index (χ0v) is 18.7. The van der Waals surface area contributed by atoms with E-state index in [1.54, 1.807) is 43.4 Å². The Kier molecular flexibility index (Phi) is 7.49. The lowest BCUT2D eigenvalue weighted by Gasteiger charge is -2.41. The van der Waals surface area contributed by atoms with E-state index in [2.05, 4.69) is 0 Å². The summed E-state index contributed by atoms with van der Waals surface area (Å²) in [6, 6.07) is 0.251. The zero-order valence-electron chi connectivity index (χ0n) is 15.8. The number of nitrogens with zero attached hydrogens (tertiary/aromatic N) is 2. The van der Waals surface area contributed by atoms with Gasteiger partial charge in [0.2, 0.25) is 0 Å². The predicted octanol–water partition coefficient (Wildman–Crippen LogP) is 3.67. The van der Waals surface area contributed by atoms with Gasteiger partial charge in [-0.3, -0.25) is 4.79 Å². The maximum Gasteiger partial charge on any atom is 0.410 e. The number of carbonyl (C=O) groups excluding carboxylic acids is 2. The number of rotatable bonds is 3. The smallest absolute Gasteiger partial charge is 0.410 e. The van der Waals surface area contributed by atoms with E-state index in [1.165, 1.54) is 9.80 Å².